The zero-order chi connectivity index (χ0) is 19.2. The van der Waals surface area contributed by atoms with E-state index >= 15 is 0 Å². The van der Waals surface area contributed by atoms with Crippen LogP contribution < -0.4 is 4.74 Å². The van der Waals surface area contributed by atoms with Crippen LogP contribution in [0, 0.1) is 0 Å². The highest BCUT2D eigenvalue weighted by atomic mass is 35.5. The molecule has 0 aromatic heterocycles. The quantitative estimate of drug-likeness (QED) is 0.790. The molecule has 1 unspecified atom stereocenters. The summed E-state index contributed by atoms with van der Waals surface area (Å²) in [5.74, 6) is 0.598. The van der Waals surface area contributed by atoms with Crippen LogP contribution in [0.4, 0.5) is 0 Å². The van der Waals surface area contributed by atoms with Crippen molar-refractivity contribution < 1.29 is 14.3 Å². The SMILES string of the molecule is CCC(Oc1ccccc1)C(=O)N1CCN(C(=O)c2cccc(Cl)c2)CC1. The largest absolute Gasteiger partial charge is 0.481 e. The number of amides is 2. The summed E-state index contributed by atoms with van der Waals surface area (Å²) in [6, 6.07) is 16.3. The third-order valence-corrected chi connectivity index (χ3v) is 4.85. The molecule has 1 fully saturated rings. The van der Waals surface area contributed by atoms with Crippen LogP contribution in [0.5, 0.6) is 5.75 Å². The number of ether oxygens (including phenoxy) is 1. The van der Waals surface area contributed by atoms with Crippen molar-refractivity contribution in [2.45, 2.75) is 19.4 Å². The van der Waals surface area contributed by atoms with E-state index in [9.17, 15) is 9.59 Å². The lowest BCUT2D eigenvalue weighted by atomic mass is 10.1. The first-order valence-corrected chi connectivity index (χ1v) is 9.51. The Hall–Kier alpha value is -2.53. The van der Waals surface area contributed by atoms with Gasteiger partial charge in [0.05, 0.1) is 0 Å². The normalized spacial score (nSPS) is 15.3. The standard InChI is InChI=1S/C21H23ClN2O3/c1-2-19(27-18-9-4-3-5-10-18)21(26)24-13-11-23(12-14-24)20(25)16-7-6-8-17(22)15-16/h3-10,15,19H,2,11-14H2,1H3. The van der Waals surface area contributed by atoms with Crippen LogP contribution in [-0.4, -0.2) is 53.9 Å². The van der Waals surface area contributed by atoms with Crippen LogP contribution in [0.2, 0.25) is 5.02 Å². The lowest BCUT2D eigenvalue weighted by Gasteiger charge is -2.36. The maximum absolute atomic E-state index is 12.8. The van der Waals surface area contributed by atoms with Gasteiger partial charge in [-0.05, 0) is 36.8 Å². The van der Waals surface area contributed by atoms with E-state index in [0.717, 1.165) is 0 Å². The molecule has 0 N–H and O–H groups in total. The smallest absolute Gasteiger partial charge is 0.263 e. The van der Waals surface area contributed by atoms with Crippen LogP contribution in [0.3, 0.4) is 0 Å². The van der Waals surface area contributed by atoms with Gasteiger partial charge in [-0.3, -0.25) is 9.59 Å². The lowest BCUT2D eigenvalue weighted by Crippen LogP contribution is -2.53. The minimum absolute atomic E-state index is 0.0313. The van der Waals surface area contributed by atoms with Crippen molar-refractivity contribution in [2.75, 3.05) is 26.2 Å². The van der Waals surface area contributed by atoms with Crippen LogP contribution in [0.25, 0.3) is 0 Å². The van der Waals surface area contributed by atoms with Gasteiger partial charge in [-0.1, -0.05) is 42.8 Å². The van der Waals surface area contributed by atoms with Gasteiger partial charge in [0.1, 0.15) is 5.75 Å². The zero-order valence-electron chi connectivity index (χ0n) is 15.3. The molecule has 1 atom stereocenters. The number of nitrogens with zero attached hydrogens (tertiary/aromatic N) is 2. The van der Waals surface area contributed by atoms with Crippen molar-refractivity contribution in [1.82, 2.24) is 9.80 Å². The summed E-state index contributed by atoms with van der Waals surface area (Å²) >= 11 is 5.97. The molecule has 2 amide bonds. The molecule has 0 aliphatic carbocycles. The zero-order valence-corrected chi connectivity index (χ0v) is 16.1. The van der Waals surface area contributed by atoms with Crippen LogP contribution in [0.1, 0.15) is 23.7 Å². The molecule has 5 nitrogen and oxygen atoms in total. The summed E-state index contributed by atoms with van der Waals surface area (Å²) in [5.41, 5.74) is 0.570. The fourth-order valence-electron chi connectivity index (χ4n) is 3.11. The molecule has 27 heavy (non-hydrogen) atoms. The van der Waals surface area contributed by atoms with E-state index in [1.807, 2.05) is 37.3 Å². The van der Waals surface area contributed by atoms with Crippen LogP contribution in [0.15, 0.2) is 54.6 Å². The van der Waals surface area contributed by atoms with Gasteiger partial charge in [0.2, 0.25) is 0 Å². The Kier molecular flexibility index (Phi) is 6.35. The highest BCUT2D eigenvalue weighted by Gasteiger charge is 2.29. The molecule has 0 radical (unpaired) electrons. The number of hydrogen-bond acceptors (Lipinski definition) is 3. The molecule has 1 aliphatic rings. The number of benzene rings is 2. The van der Waals surface area contributed by atoms with Crippen molar-refractivity contribution in [2.24, 2.45) is 0 Å². The Morgan fingerprint density at radius 2 is 1.67 bits per heavy atom. The van der Waals surface area contributed by atoms with Crippen molar-refractivity contribution in [3.05, 3.63) is 65.2 Å². The number of para-hydroxylation sites is 1. The monoisotopic (exact) mass is 386 g/mol. The summed E-state index contributed by atoms with van der Waals surface area (Å²) in [6.07, 6.45) is 0.0811. The number of rotatable bonds is 5. The Labute approximate surface area is 164 Å². The van der Waals surface area contributed by atoms with E-state index < -0.39 is 6.10 Å². The number of carbonyl (C=O) groups is 2. The highest BCUT2D eigenvalue weighted by Crippen LogP contribution is 2.17. The third-order valence-electron chi connectivity index (χ3n) is 4.62. The molecule has 2 aromatic rings. The van der Waals surface area contributed by atoms with Crippen molar-refractivity contribution in [3.63, 3.8) is 0 Å². The van der Waals surface area contributed by atoms with Crippen LogP contribution >= 0.6 is 11.6 Å². The second-order valence-corrected chi connectivity index (χ2v) is 6.89. The predicted octanol–water partition coefficient (Wildman–Crippen LogP) is 3.48. The minimum Gasteiger partial charge on any atom is -0.481 e. The highest BCUT2D eigenvalue weighted by molar-refractivity contribution is 6.30. The minimum atomic E-state index is -0.511. The molecule has 0 saturated carbocycles. The maximum Gasteiger partial charge on any atom is 0.263 e. The topological polar surface area (TPSA) is 49.9 Å². The van der Waals surface area contributed by atoms with Gasteiger partial charge in [0.15, 0.2) is 6.10 Å². The van der Waals surface area contributed by atoms with Gasteiger partial charge in [-0.15, -0.1) is 0 Å². The van der Waals surface area contributed by atoms with E-state index in [-0.39, 0.29) is 11.8 Å². The molecule has 142 valence electrons. The maximum atomic E-state index is 12.8. The van der Waals surface area contributed by atoms with Gasteiger partial charge >= 0.3 is 0 Å². The van der Waals surface area contributed by atoms with E-state index in [4.69, 9.17) is 16.3 Å². The van der Waals surface area contributed by atoms with Gasteiger partial charge in [0.25, 0.3) is 11.8 Å². The van der Waals surface area contributed by atoms with E-state index in [1.54, 1.807) is 34.1 Å². The van der Waals surface area contributed by atoms with Crippen molar-refractivity contribution in [3.8, 4) is 5.75 Å². The molecule has 1 aliphatic heterocycles. The van der Waals surface area contributed by atoms with E-state index in [0.29, 0.717) is 48.9 Å². The number of carbonyl (C=O) groups excluding carboxylic acids is 2. The Balaban J connectivity index is 1.57. The van der Waals surface area contributed by atoms with Crippen LogP contribution in [-0.2, 0) is 4.79 Å². The Bertz CT molecular complexity index is 789. The summed E-state index contributed by atoms with van der Waals surface area (Å²) in [6.45, 7) is 3.93. The molecule has 0 bridgehead atoms. The van der Waals surface area contributed by atoms with Gasteiger partial charge in [-0.2, -0.15) is 0 Å². The molecular formula is C21H23ClN2O3. The van der Waals surface area contributed by atoms with Crippen molar-refractivity contribution >= 4 is 23.4 Å². The van der Waals surface area contributed by atoms with E-state index in [2.05, 4.69) is 0 Å². The molecule has 1 heterocycles. The van der Waals surface area contributed by atoms with E-state index in [1.165, 1.54) is 0 Å². The number of piperazine rings is 1. The number of halogens is 1. The van der Waals surface area contributed by atoms with Gasteiger partial charge in [0, 0.05) is 36.8 Å². The molecule has 0 spiro atoms. The average Bonchev–Trinajstić information content (AvgIpc) is 2.72. The average molecular weight is 387 g/mol. The summed E-state index contributed by atoms with van der Waals surface area (Å²) in [4.78, 5) is 28.9. The molecule has 3 rings (SSSR count). The van der Waals surface area contributed by atoms with Gasteiger partial charge < -0.3 is 14.5 Å². The Morgan fingerprint density at radius 3 is 2.30 bits per heavy atom. The molecule has 6 heteroatoms. The first-order valence-electron chi connectivity index (χ1n) is 9.14. The summed E-state index contributed by atoms with van der Waals surface area (Å²) in [7, 11) is 0. The molecule has 2 aromatic carbocycles. The van der Waals surface area contributed by atoms with Gasteiger partial charge in [-0.25, -0.2) is 0 Å². The van der Waals surface area contributed by atoms with Crippen molar-refractivity contribution in [1.29, 1.82) is 0 Å². The second kappa shape index (κ2) is 8.91. The fraction of sp³-hybridized carbons (Fsp3) is 0.333. The first-order chi connectivity index (χ1) is 13.1. The summed E-state index contributed by atoms with van der Waals surface area (Å²) < 4.78 is 5.85. The fourth-order valence-corrected chi connectivity index (χ4v) is 3.30. The second-order valence-electron chi connectivity index (χ2n) is 6.46. The molecular weight excluding hydrogens is 364 g/mol. The number of hydrogen-bond donors (Lipinski definition) is 0. The molecule has 1 saturated heterocycles. The Morgan fingerprint density at radius 1 is 1.00 bits per heavy atom. The predicted molar refractivity (Wildman–Crippen MR) is 105 cm³/mol. The third kappa shape index (κ3) is 4.80. The first kappa shape index (κ1) is 19.2. The summed E-state index contributed by atoms with van der Waals surface area (Å²) in [5, 5.41) is 0.540. The lowest BCUT2D eigenvalue weighted by molar-refractivity contribution is -0.140.